The molecule has 0 spiro atoms. The highest BCUT2D eigenvalue weighted by atomic mass is 19.4. The Labute approximate surface area is 177 Å². The minimum absolute atomic E-state index is 0.314. The molecule has 4 rings (SSSR count). The van der Waals surface area contributed by atoms with Crippen molar-refractivity contribution in [3.05, 3.63) is 65.0 Å². The lowest BCUT2D eigenvalue weighted by atomic mass is 9.98. The second-order valence-corrected chi connectivity index (χ2v) is 8.02. The SMILES string of the molecule is CCC(NC(=O)c1ccc2c(c1)nc(C)n2C1CC1)C(O)c1ccc(C(F)(F)F)cc1. The molecule has 3 aromatic rings. The van der Waals surface area contributed by atoms with Crippen molar-refractivity contribution in [1.29, 1.82) is 0 Å². The predicted molar refractivity (Wildman–Crippen MR) is 111 cm³/mol. The van der Waals surface area contributed by atoms with Crippen LogP contribution in [-0.2, 0) is 6.18 Å². The van der Waals surface area contributed by atoms with Crippen LogP contribution in [0.5, 0.6) is 0 Å². The summed E-state index contributed by atoms with van der Waals surface area (Å²) in [5.41, 5.74) is 1.69. The van der Waals surface area contributed by atoms with Gasteiger partial charge in [-0.05, 0) is 62.1 Å². The number of nitrogens with zero attached hydrogens (tertiary/aromatic N) is 2. The fourth-order valence-electron chi connectivity index (χ4n) is 3.91. The Kier molecular flexibility index (Phi) is 5.51. The number of amides is 1. The molecule has 0 saturated heterocycles. The minimum Gasteiger partial charge on any atom is -0.386 e. The average Bonchev–Trinajstić information content (AvgIpc) is 3.51. The molecule has 0 radical (unpaired) electrons. The molecule has 164 valence electrons. The quantitative estimate of drug-likeness (QED) is 0.581. The maximum Gasteiger partial charge on any atom is 0.416 e. The van der Waals surface area contributed by atoms with Crippen LogP contribution in [0.15, 0.2) is 42.5 Å². The van der Waals surface area contributed by atoms with E-state index in [4.69, 9.17) is 0 Å². The van der Waals surface area contributed by atoms with E-state index in [1.165, 1.54) is 12.1 Å². The third-order valence-electron chi connectivity index (χ3n) is 5.76. The molecule has 1 amide bonds. The molecule has 1 saturated carbocycles. The molecular weight excluding hydrogens is 407 g/mol. The summed E-state index contributed by atoms with van der Waals surface area (Å²) < 4.78 is 40.5. The predicted octanol–water partition coefficient (Wildman–Crippen LogP) is 4.94. The van der Waals surface area contributed by atoms with Crippen LogP contribution in [0.4, 0.5) is 13.2 Å². The van der Waals surface area contributed by atoms with Gasteiger partial charge >= 0.3 is 6.18 Å². The van der Waals surface area contributed by atoms with Crippen LogP contribution in [0.2, 0.25) is 0 Å². The summed E-state index contributed by atoms with van der Waals surface area (Å²) in [6.45, 7) is 3.74. The summed E-state index contributed by atoms with van der Waals surface area (Å²) >= 11 is 0. The van der Waals surface area contributed by atoms with Gasteiger partial charge in [-0.1, -0.05) is 19.1 Å². The van der Waals surface area contributed by atoms with Gasteiger partial charge in [0.15, 0.2) is 0 Å². The number of alkyl halides is 3. The third-order valence-corrected chi connectivity index (χ3v) is 5.76. The molecule has 2 N–H and O–H groups in total. The van der Waals surface area contributed by atoms with E-state index in [0.717, 1.165) is 41.8 Å². The first-order valence-corrected chi connectivity index (χ1v) is 10.3. The van der Waals surface area contributed by atoms with Crippen LogP contribution in [0.25, 0.3) is 11.0 Å². The zero-order chi connectivity index (χ0) is 22.3. The molecule has 31 heavy (non-hydrogen) atoms. The Morgan fingerprint density at radius 3 is 2.48 bits per heavy atom. The van der Waals surface area contributed by atoms with Gasteiger partial charge < -0.3 is 15.0 Å². The van der Waals surface area contributed by atoms with Crippen molar-refractivity contribution in [3.8, 4) is 0 Å². The Bertz CT molecular complexity index is 1100. The standard InChI is InChI=1S/C23H24F3N3O2/c1-3-18(21(30)14-4-7-16(8-5-14)23(24,25)26)28-22(31)15-6-11-20-19(12-15)27-13(2)29(20)17-9-10-17/h4-8,11-12,17-18,21,30H,3,9-10H2,1-2H3,(H,28,31). The molecule has 1 heterocycles. The lowest BCUT2D eigenvalue weighted by Crippen LogP contribution is -2.38. The maximum atomic E-state index is 12.8. The first-order chi connectivity index (χ1) is 14.7. The number of benzene rings is 2. The summed E-state index contributed by atoms with van der Waals surface area (Å²) in [7, 11) is 0. The first kappa shape index (κ1) is 21.4. The van der Waals surface area contributed by atoms with Crippen LogP contribution in [0.1, 0.15) is 65.6 Å². The van der Waals surface area contributed by atoms with Crippen molar-refractivity contribution in [2.45, 2.75) is 57.5 Å². The number of aliphatic hydroxyl groups excluding tert-OH is 1. The van der Waals surface area contributed by atoms with Crippen molar-refractivity contribution in [2.75, 3.05) is 0 Å². The first-order valence-electron chi connectivity index (χ1n) is 10.3. The Morgan fingerprint density at radius 2 is 1.90 bits per heavy atom. The van der Waals surface area contributed by atoms with Crippen molar-refractivity contribution >= 4 is 16.9 Å². The molecule has 5 nitrogen and oxygen atoms in total. The summed E-state index contributed by atoms with van der Waals surface area (Å²) in [5, 5.41) is 13.4. The van der Waals surface area contributed by atoms with E-state index in [2.05, 4.69) is 14.9 Å². The molecule has 1 fully saturated rings. The van der Waals surface area contributed by atoms with Gasteiger partial charge in [0.2, 0.25) is 0 Å². The zero-order valence-corrected chi connectivity index (χ0v) is 17.3. The topological polar surface area (TPSA) is 67.2 Å². The number of aryl methyl sites for hydroxylation is 1. The fourth-order valence-corrected chi connectivity index (χ4v) is 3.91. The summed E-state index contributed by atoms with van der Waals surface area (Å²) in [6.07, 6.45) is -2.89. The molecule has 1 aliphatic carbocycles. The van der Waals surface area contributed by atoms with Gasteiger partial charge in [0, 0.05) is 11.6 Å². The Hall–Kier alpha value is -2.87. The van der Waals surface area contributed by atoms with Crippen LogP contribution in [0, 0.1) is 6.92 Å². The number of aromatic nitrogens is 2. The van der Waals surface area contributed by atoms with Gasteiger partial charge in [-0.2, -0.15) is 13.2 Å². The number of hydrogen-bond acceptors (Lipinski definition) is 3. The smallest absolute Gasteiger partial charge is 0.386 e. The zero-order valence-electron chi connectivity index (χ0n) is 17.3. The second-order valence-electron chi connectivity index (χ2n) is 8.02. The van der Waals surface area contributed by atoms with Gasteiger partial charge in [0.1, 0.15) is 5.82 Å². The molecule has 2 atom stereocenters. The number of carbonyl (C=O) groups is 1. The Morgan fingerprint density at radius 1 is 1.23 bits per heavy atom. The van der Waals surface area contributed by atoms with Crippen LogP contribution >= 0.6 is 0 Å². The molecule has 0 aliphatic heterocycles. The van der Waals surface area contributed by atoms with E-state index in [1.54, 1.807) is 19.1 Å². The summed E-state index contributed by atoms with van der Waals surface area (Å²) in [5.74, 6) is 0.553. The lowest BCUT2D eigenvalue weighted by Gasteiger charge is -2.23. The maximum absolute atomic E-state index is 12.8. The Balaban J connectivity index is 1.50. The molecule has 2 aromatic carbocycles. The largest absolute Gasteiger partial charge is 0.416 e. The van der Waals surface area contributed by atoms with Crippen LogP contribution < -0.4 is 5.32 Å². The highest BCUT2D eigenvalue weighted by Crippen LogP contribution is 2.38. The van der Waals surface area contributed by atoms with Gasteiger partial charge in [0.05, 0.1) is 28.7 Å². The normalized spacial score (nSPS) is 16.3. The number of imidazole rings is 1. The number of carbonyl (C=O) groups excluding carboxylic acids is 1. The lowest BCUT2D eigenvalue weighted by molar-refractivity contribution is -0.137. The monoisotopic (exact) mass is 431 g/mol. The number of hydrogen-bond donors (Lipinski definition) is 2. The van der Waals surface area contributed by atoms with Gasteiger partial charge in [-0.25, -0.2) is 4.98 Å². The molecule has 0 bridgehead atoms. The van der Waals surface area contributed by atoms with Gasteiger partial charge in [-0.3, -0.25) is 4.79 Å². The van der Waals surface area contributed by atoms with E-state index < -0.39 is 23.9 Å². The average molecular weight is 431 g/mol. The van der Waals surface area contributed by atoms with E-state index in [9.17, 15) is 23.1 Å². The molecule has 1 aliphatic rings. The van der Waals surface area contributed by atoms with Crippen LogP contribution in [-0.4, -0.2) is 26.6 Å². The highest BCUT2D eigenvalue weighted by Gasteiger charge is 2.31. The number of fused-ring (bicyclic) bond motifs is 1. The molecular formula is C23H24F3N3O2. The van der Waals surface area contributed by atoms with Crippen LogP contribution in [0.3, 0.4) is 0 Å². The van der Waals surface area contributed by atoms with Gasteiger partial charge in [-0.15, -0.1) is 0 Å². The second kappa shape index (κ2) is 8.00. The van der Waals surface area contributed by atoms with E-state index >= 15 is 0 Å². The van der Waals surface area contributed by atoms with Crippen molar-refractivity contribution < 1.29 is 23.1 Å². The van der Waals surface area contributed by atoms with Crippen molar-refractivity contribution in [2.24, 2.45) is 0 Å². The number of aliphatic hydroxyl groups is 1. The molecule has 2 unspecified atom stereocenters. The van der Waals surface area contributed by atoms with E-state index in [1.807, 2.05) is 13.0 Å². The number of nitrogens with one attached hydrogen (secondary N) is 1. The van der Waals surface area contributed by atoms with Gasteiger partial charge in [0.25, 0.3) is 5.91 Å². The van der Waals surface area contributed by atoms with Crippen molar-refractivity contribution in [3.63, 3.8) is 0 Å². The van der Waals surface area contributed by atoms with E-state index in [-0.39, 0.29) is 5.91 Å². The summed E-state index contributed by atoms with van der Waals surface area (Å²) in [4.78, 5) is 17.4. The highest BCUT2D eigenvalue weighted by molar-refractivity contribution is 5.97. The summed E-state index contributed by atoms with van der Waals surface area (Å²) in [6, 6.07) is 9.51. The third kappa shape index (κ3) is 4.30. The molecule has 1 aromatic heterocycles. The number of rotatable bonds is 6. The fraction of sp³-hybridized carbons (Fsp3) is 0.391. The molecule has 8 heteroatoms. The van der Waals surface area contributed by atoms with E-state index in [0.29, 0.717) is 23.6 Å². The minimum atomic E-state index is -4.44. The number of halogens is 3. The van der Waals surface area contributed by atoms with Crippen molar-refractivity contribution in [1.82, 2.24) is 14.9 Å².